The van der Waals surface area contributed by atoms with Gasteiger partial charge in [-0.3, -0.25) is 4.79 Å². The zero-order valence-corrected chi connectivity index (χ0v) is 13.0. The first-order chi connectivity index (χ1) is 8.65. The summed E-state index contributed by atoms with van der Waals surface area (Å²) < 4.78 is 5.61. The van der Waals surface area contributed by atoms with Crippen molar-refractivity contribution in [2.24, 2.45) is 5.92 Å². The summed E-state index contributed by atoms with van der Waals surface area (Å²) in [6, 6.07) is 0.785. The fourth-order valence-electron chi connectivity index (χ4n) is 2.57. The fourth-order valence-corrected chi connectivity index (χ4v) is 2.57. The van der Waals surface area contributed by atoms with E-state index in [2.05, 4.69) is 31.0 Å². The number of nitrogens with zero attached hydrogens (tertiary/aromatic N) is 1. The summed E-state index contributed by atoms with van der Waals surface area (Å²) in [5.74, 6) is 0.739. The van der Waals surface area contributed by atoms with E-state index in [4.69, 9.17) is 4.74 Å². The largest absolute Gasteiger partial charge is 0.366 e. The molecule has 0 aromatic rings. The predicted octanol–water partition coefficient (Wildman–Crippen LogP) is 1.82. The highest BCUT2D eigenvalue weighted by atomic mass is 35.5. The minimum atomic E-state index is -0.272. The van der Waals surface area contributed by atoms with Crippen LogP contribution in [0.4, 0.5) is 0 Å². The molecule has 1 aliphatic heterocycles. The molecule has 2 aliphatic rings. The minimum absolute atomic E-state index is 0. The Balaban J connectivity index is 0.00000180. The number of halogens is 1. The van der Waals surface area contributed by atoms with Gasteiger partial charge in [-0.25, -0.2) is 0 Å². The molecule has 0 spiro atoms. The molecule has 4 nitrogen and oxygen atoms in total. The molecule has 0 aromatic heterocycles. The van der Waals surface area contributed by atoms with Crippen molar-refractivity contribution in [3.05, 3.63) is 0 Å². The van der Waals surface area contributed by atoms with E-state index in [0.717, 1.165) is 25.8 Å². The molecule has 2 fully saturated rings. The van der Waals surface area contributed by atoms with Gasteiger partial charge in [0, 0.05) is 25.2 Å². The zero-order valence-electron chi connectivity index (χ0n) is 12.2. The molecule has 3 atom stereocenters. The maximum Gasteiger partial charge on any atom is 0.253 e. The SMILES string of the molecule is CCC(C)C(C)N(C(=O)C1CNCCO1)C1CC1.Cl. The first kappa shape index (κ1) is 16.7. The molecule has 1 heterocycles. The van der Waals surface area contributed by atoms with Crippen molar-refractivity contribution < 1.29 is 9.53 Å². The van der Waals surface area contributed by atoms with Crippen molar-refractivity contribution in [3.8, 4) is 0 Å². The summed E-state index contributed by atoms with van der Waals surface area (Å²) in [6.45, 7) is 8.76. The molecule has 3 unspecified atom stereocenters. The Hall–Kier alpha value is -0.320. The maximum absolute atomic E-state index is 12.6. The van der Waals surface area contributed by atoms with Crippen LogP contribution in [0.25, 0.3) is 0 Å². The highest BCUT2D eigenvalue weighted by Gasteiger charge is 2.40. The van der Waals surface area contributed by atoms with E-state index in [-0.39, 0.29) is 24.4 Å². The van der Waals surface area contributed by atoms with E-state index in [1.807, 2.05) is 0 Å². The quantitative estimate of drug-likeness (QED) is 0.840. The van der Waals surface area contributed by atoms with Gasteiger partial charge in [-0.1, -0.05) is 20.3 Å². The van der Waals surface area contributed by atoms with E-state index in [0.29, 0.717) is 31.2 Å². The normalized spacial score (nSPS) is 26.2. The van der Waals surface area contributed by atoms with Crippen LogP contribution in [-0.2, 0) is 9.53 Å². The Labute approximate surface area is 122 Å². The van der Waals surface area contributed by atoms with Gasteiger partial charge in [0.15, 0.2) is 0 Å². The average molecular weight is 291 g/mol. The smallest absolute Gasteiger partial charge is 0.253 e. The van der Waals surface area contributed by atoms with Gasteiger partial charge >= 0.3 is 0 Å². The van der Waals surface area contributed by atoms with Gasteiger partial charge in [0.2, 0.25) is 0 Å². The van der Waals surface area contributed by atoms with Crippen molar-refractivity contribution in [2.45, 2.75) is 58.2 Å². The van der Waals surface area contributed by atoms with Crippen LogP contribution in [-0.4, -0.2) is 48.7 Å². The summed E-state index contributed by atoms with van der Waals surface area (Å²) >= 11 is 0. The van der Waals surface area contributed by atoms with Crippen molar-refractivity contribution in [3.63, 3.8) is 0 Å². The van der Waals surface area contributed by atoms with Crippen LogP contribution < -0.4 is 5.32 Å². The summed E-state index contributed by atoms with van der Waals surface area (Å²) in [7, 11) is 0. The third kappa shape index (κ3) is 4.07. The lowest BCUT2D eigenvalue weighted by atomic mass is 9.98. The van der Waals surface area contributed by atoms with Gasteiger partial charge in [-0.15, -0.1) is 12.4 Å². The Morgan fingerprint density at radius 1 is 1.42 bits per heavy atom. The molecule has 19 heavy (non-hydrogen) atoms. The molecule has 1 saturated heterocycles. The van der Waals surface area contributed by atoms with Crippen molar-refractivity contribution in [1.29, 1.82) is 0 Å². The van der Waals surface area contributed by atoms with E-state index in [1.54, 1.807) is 0 Å². The molecule has 1 amide bonds. The van der Waals surface area contributed by atoms with Crippen LogP contribution in [0, 0.1) is 5.92 Å². The number of morpholine rings is 1. The molecule has 1 saturated carbocycles. The highest BCUT2D eigenvalue weighted by Crippen LogP contribution is 2.32. The third-order valence-electron chi connectivity index (χ3n) is 4.30. The van der Waals surface area contributed by atoms with Gasteiger partial charge in [-0.05, 0) is 25.7 Å². The van der Waals surface area contributed by atoms with Crippen LogP contribution >= 0.6 is 12.4 Å². The second-order valence-electron chi connectivity index (χ2n) is 5.67. The summed E-state index contributed by atoms with van der Waals surface area (Å²) in [5, 5.41) is 3.24. The molecule has 0 aromatic carbocycles. The van der Waals surface area contributed by atoms with E-state index >= 15 is 0 Å². The molecule has 0 bridgehead atoms. The lowest BCUT2D eigenvalue weighted by molar-refractivity contribution is -0.149. The maximum atomic E-state index is 12.6. The second-order valence-corrected chi connectivity index (χ2v) is 5.67. The van der Waals surface area contributed by atoms with E-state index < -0.39 is 0 Å². The Kier molecular flexibility index (Phi) is 6.57. The van der Waals surface area contributed by atoms with Crippen LogP contribution in [0.1, 0.15) is 40.0 Å². The van der Waals surface area contributed by atoms with Crippen LogP contribution in [0.3, 0.4) is 0 Å². The number of carbonyl (C=O) groups excluding carboxylic acids is 1. The Morgan fingerprint density at radius 3 is 2.58 bits per heavy atom. The molecule has 2 rings (SSSR count). The molecule has 5 heteroatoms. The third-order valence-corrected chi connectivity index (χ3v) is 4.30. The lowest BCUT2D eigenvalue weighted by Gasteiger charge is -2.36. The number of hydrogen-bond donors (Lipinski definition) is 1. The summed E-state index contributed by atoms with van der Waals surface area (Å²) in [4.78, 5) is 14.7. The molecule has 112 valence electrons. The zero-order chi connectivity index (χ0) is 13.1. The number of hydrogen-bond acceptors (Lipinski definition) is 3. The number of rotatable bonds is 5. The lowest BCUT2D eigenvalue weighted by Crippen LogP contribution is -2.53. The van der Waals surface area contributed by atoms with Crippen molar-refractivity contribution >= 4 is 18.3 Å². The number of carbonyl (C=O) groups is 1. The topological polar surface area (TPSA) is 41.6 Å². The summed E-state index contributed by atoms with van der Waals surface area (Å²) in [5.41, 5.74) is 0. The van der Waals surface area contributed by atoms with E-state index in [9.17, 15) is 4.79 Å². The first-order valence-electron chi connectivity index (χ1n) is 7.29. The molecule has 1 N–H and O–H groups in total. The van der Waals surface area contributed by atoms with E-state index in [1.165, 1.54) is 0 Å². The number of nitrogens with one attached hydrogen (secondary N) is 1. The molecular formula is C14H27ClN2O2. The Morgan fingerprint density at radius 2 is 2.11 bits per heavy atom. The Bertz CT molecular complexity index is 291. The number of amides is 1. The first-order valence-corrected chi connectivity index (χ1v) is 7.29. The predicted molar refractivity (Wildman–Crippen MR) is 78.6 cm³/mol. The molecule has 0 radical (unpaired) electrons. The van der Waals surface area contributed by atoms with Crippen LogP contribution in [0.5, 0.6) is 0 Å². The van der Waals surface area contributed by atoms with Gasteiger partial charge in [0.05, 0.1) is 6.61 Å². The highest BCUT2D eigenvalue weighted by molar-refractivity contribution is 5.85. The van der Waals surface area contributed by atoms with Gasteiger partial charge < -0.3 is 15.0 Å². The number of ether oxygens (including phenoxy) is 1. The minimum Gasteiger partial charge on any atom is -0.366 e. The van der Waals surface area contributed by atoms with Crippen molar-refractivity contribution in [1.82, 2.24) is 10.2 Å². The van der Waals surface area contributed by atoms with Gasteiger partial charge in [0.1, 0.15) is 6.10 Å². The standard InChI is InChI=1S/C14H26N2O2.ClH/c1-4-10(2)11(3)16(12-5-6-12)14(17)13-9-15-7-8-18-13;/h10-13,15H,4-9H2,1-3H3;1H. The molecular weight excluding hydrogens is 264 g/mol. The summed E-state index contributed by atoms with van der Waals surface area (Å²) in [6.07, 6.45) is 3.16. The van der Waals surface area contributed by atoms with Crippen LogP contribution in [0.15, 0.2) is 0 Å². The van der Waals surface area contributed by atoms with Crippen molar-refractivity contribution in [2.75, 3.05) is 19.7 Å². The van der Waals surface area contributed by atoms with Gasteiger partial charge in [-0.2, -0.15) is 0 Å². The fraction of sp³-hybridized carbons (Fsp3) is 0.929. The monoisotopic (exact) mass is 290 g/mol. The average Bonchev–Trinajstić information content (AvgIpc) is 3.23. The molecule has 1 aliphatic carbocycles. The van der Waals surface area contributed by atoms with Crippen LogP contribution in [0.2, 0.25) is 0 Å². The van der Waals surface area contributed by atoms with Gasteiger partial charge in [0.25, 0.3) is 5.91 Å². The second kappa shape index (κ2) is 7.46.